The average Bonchev–Trinajstić information content (AvgIpc) is 2.75. The monoisotopic (exact) mass is 279 g/mol. The lowest BCUT2D eigenvalue weighted by Gasteiger charge is -2.04. The van der Waals surface area contributed by atoms with E-state index in [-0.39, 0.29) is 6.01 Å². The molecular formula is C13H8F3N3O. The molecule has 0 aliphatic rings. The Morgan fingerprint density at radius 1 is 1.05 bits per heavy atom. The minimum absolute atomic E-state index is 0.116. The van der Waals surface area contributed by atoms with E-state index in [9.17, 15) is 13.2 Å². The fourth-order valence-corrected chi connectivity index (χ4v) is 1.77. The van der Waals surface area contributed by atoms with Gasteiger partial charge in [0, 0.05) is 17.8 Å². The second-order valence-electron chi connectivity index (χ2n) is 4.12. The summed E-state index contributed by atoms with van der Waals surface area (Å²) < 4.78 is 45.0. The molecule has 1 aromatic heterocycles. The molecular weight excluding hydrogens is 271 g/mol. The summed E-state index contributed by atoms with van der Waals surface area (Å²) in [6, 6.07) is 5.76. The Hall–Kier alpha value is -2.70. The Kier molecular flexibility index (Phi) is 2.74. The zero-order valence-electron chi connectivity index (χ0n) is 9.95. The summed E-state index contributed by atoms with van der Waals surface area (Å²) in [5, 5.41) is 2.34. The van der Waals surface area contributed by atoms with Crippen LogP contribution in [-0.4, -0.2) is 4.98 Å². The standard InChI is InChI=1S/C13H8F3N3O/c14-6-3-8(15)12(9(16)4-6)19-13-18-10-5-7(17)1-2-11(10)20-13/h1-5H,17H2,(H,18,19). The number of fused-ring (bicyclic) bond motifs is 1. The maximum atomic E-state index is 13.5. The van der Waals surface area contributed by atoms with E-state index >= 15 is 0 Å². The summed E-state index contributed by atoms with van der Waals surface area (Å²) in [5.41, 5.74) is 6.38. The van der Waals surface area contributed by atoms with Crippen LogP contribution in [0, 0.1) is 17.5 Å². The van der Waals surface area contributed by atoms with Gasteiger partial charge in [-0.2, -0.15) is 4.98 Å². The number of oxazole rings is 1. The third kappa shape index (κ3) is 2.13. The smallest absolute Gasteiger partial charge is 0.300 e. The van der Waals surface area contributed by atoms with Gasteiger partial charge >= 0.3 is 0 Å². The number of rotatable bonds is 2. The number of nitrogens with two attached hydrogens (primary N) is 1. The number of hydrogen-bond donors (Lipinski definition) is 2. The molecule has 0 saturated heterocycles. The molecule has 20 heavy (non-hydrogen) atoms. The summed E-state index contributed by atoms with van der Waals surface area (Å²) in [5.74, 6) is -3.16. The summed E-state index contributed by atoms with van der Waals surface area (Å²) >= 11 is 0. The highest BCUT2D eigenvalue weighted by Crippen LogP contribution is 2.27. The van der Waals surface area contributed by atoms with Crippen molar-refractivity contribution in [2.75, 3.05) is 11.1 Å². The fraction of sp³-hybridized carbons (Fsp3) is 0. The number of nitrogens with one attached hydrogen (secondary N) is 1. The minimum atomic E-state index is -1.08. The van der Waals surface area contributed by atoms with Gasteiger partial charge in [-0.05, 0) is 18.2 Å². The number of anilines is 3. The highest BCUT2D eigenvalue weighted by Gasteiger charge is 2.14. The van der Waals surface area contributed by atoms with Crippen LogP contribution < -0.4 is 11.1 Å². The van der Waals surface area contributed by atoms with Crippen LogP contribution in [-0.2, 0) is 0 Å². The molecule has 0 unspecified atom stereocenters. The van der Waals surface area contributed by atoms with Crippen LogP contribution in [0.3, 0.4) is 0 Å². The van der Waals surface area contributed by atoms with E-state index in [1.165, 1.54) is 0 Å². The van der Waals surface area contributed by atoms with E-state index in [1.807, 2.05) is 0 Å². The first kappa shape index (κ1) is 12.3. The molecule has 0 aliphatic heterocycles. The van der Waals surface area contributed by atoms with Crippen molar-refractivity contribution < 1.29 is 17.6 Å². The zero-order valence-corrected chi connectivity index (χ0v) is 9.95. The molecule has 3 rings (SSSR count). The van der Waals surface area contributed by atoms with Gasteiger partial charge < -0.3 is 15.5 Å². The van der Waals surface area contributed by atoms with Crippen LogP contribution in [0.4, 0.5) is 30.6 Å². The van der Waals surface area contributed by atoms with Crippen LogP contribution in [0.25, 0.3) is 11.1 Å². The molecule has 3 aromatic rings. The van der Waals surface area contributed by atoms with Crippen LogP contribution in [0.5, 0.6) is 0 Å². The molecule has 1 heterocycles. The van der Waals surface area contributed by atoms with Crippen LogP contribution in [0.15, 0.2) is 34.7 Å². The number of hydrogen-bond acceptors (Lipinski definition) is 4. The number of nitrogens with zero attached hydrogens (tertiary/aromatic N) is 1. The first-order valence-electron chi connectivity index (χ1n) is 5.60. The van der Waals surface area contributed by atoms with Crippen molar-refractivity contribution in [1.82, 2.24) is 4.98 Å². The third-order valence-electron chi connectivity index (χ3n) is 2.65. The quantitative estimate of drug-likeness (QED) is 0.704. The molecule has 3 N–H and O–H groups in total. The average molecular weight is 279 g/mol. The SMILES string of the molecule is Nc1ccc2oc(Nc3c(F)cc(F)cc3F)nc2c1. The molecule has 0 aliphatic carbocycles. The van der Waals surface area contributed by atoms with Gasteiger partial charge in [0.25, 0.3) is 6.01 Å². The van der Waals surface area contributed by atoms with E-state index in [4.69, 9.17) is 10.2 Å². The Morgan fingerprint density at radius 2 is 1.75 bits per heavy atom. The molecule has 0 bridgehead atoms. The van der Waals surface area contributed by atoms with Crippen molar-refractivity contribution in [3.05, 3.63) is 47.8 Å². The Bertz CT molecular complexity index is 778. The van der Waals surface area contributed by atoms with E-state index in [1.54, 1.807) is 18.2 Å². The van der Waals surface area contributed by atoms with Crippen LogP contribution >= 0.6 is 0 Å². The summed E-state index contributed by atoms with van der Waals surface area (Å²) in [6.07, 6.45) is 0. The van der Waals surface area contributed by atoms with Crippen molar-refractivity contribution in [2.45, 2.75) is 0 Å². The lowest BCUT2D eigenvalue weighted by atomic mass is 10.3. The van der Waals surface area contributed by atoms with Crippen molar-refractivity contribution in [3.63, 3.8) is 0 Å². The van der Waals surface area contributed by atoms with Gasteiger partial charge in [-0.15, -0.1) is 0 Å². The van der Waals surface area contributed by atoms with E-state index in [0.29, 0.717) is 28.9 Å². The number of benzene rings is 2. The second kappa shape index (κ2) is 4.44. The molecule has 0 atom stereocenters. The highest BCUT2D eigenvalue weighted by atomic mass is 19.1. The molecule has 0 spiro atoms. The summed E-state index contributed by atoms with van der Waals surface area (Å²) in [7, 11) is 0. The van der Waals surface area contributed by atoms with Crippen molar-refractivity contribution in [2.24, 2.45) is 0 Å². The number of halogens is 3. The van der Waals surface area contributed by atoms with Gasteiger partial charge in [-0.1, -0.05) is 0 Å². The van der Waals surface area contributed by atoms with E-state index in [0.717, 1.165) is 0 Å². The van der Waals surface area contributed by atoms with E-state index in [2.05, 4.69) is 10.3 Å². The van der Waals surface area contributed by atoms with Gasteiger partial charge in [-0.25, -0.2) is 13.2 Å². The summed E-state index contributed by atoms with van der Waals surface area (Å²) in [4.78, 5) is 3.99. The lowest BCUT2D eigenvalue weighted by molar-refractivity contribution is 0.545. The van der Waals surface area contributed by atoms with E-state index < -0.39 is 23.1 Å². The van der Waals surface area contributed by atoms with Crippen molar-refractivity contribution >= 4 is 28.5 Å². The highest BCUT2D eigenvalue weighted by molar-refractivity contribution is 5.78. The van der Waals surface area contributed by atoms with Crippen molar-refractivity contribution in [3.8, 4) is 0 Å². The van der Waals surface area contributed by atoms with Gasteiger partial charge in [0.1, 0.15) is 17.0 Å². The summed E-state index contributed by atoms with van der Waals surface area (Å²) in [6.45, 7) is 0. The number of aromatic nitrogens is 1. The normalized spacial score (nSPS) is 10.9. The lowest BCUT2D eigenvalue weighted by Crippen LogP contribution is -1.98. The largest absolute Gasteiger partial charge is 0.423 e. The Labute approximate surface area is 111 Å². The molecule has 4 nitrogen and oxygen atoms in total. The predicted molar refractivity (Wildman–Crippen MR) is 68.0 cm³/mol. The van der Waals surface area contributed by atoms with Crippen LogP contribution in [0.1, 0.15) is 0 Å². The Morgan fingerprint density at radius 3 is 2.45 bits per heavy atom. The maximum Gasteiger partial charge on any atom is 0.300 e. The van der Waals surface area contributed by atoms with Crippen LogP contribution in [0.2, 0.25) is 0 Å². The maximum absolute atomic E-state index is 13.5. The molecule has 0 radical (unpaired) electrons. The molecule has 7 heteroatoms. The van der Waals surface area contributed by atoms with Gasteiger partial charge in [0.05, 0.1) is 0 Å². The van der Waals surface area contributed by atoms with Gasteiger partial charge in [0.2, 0.25) is 0 Å². The molecule has 102 valence electrons. The van der Waals surface area contributed by atoms with Gasteiger partial charge in [0.15, 0.2) is 17.2 Å². The molecule has 2 aromatic carbocycles. The fourth-order valence-electron chi connectivity index (χ4n) is 1.77. The zero-order chi connectivity index (χ0) is 14.3. The first-order valence-corrected chi connectivity index (χ1v) is 5.60. The third-order valence-corrected chi connectivity index (χ3v) is 2.65. The topological polar surface area (TPSA) is 64.1 Å². The molecule has 0 fully saturated rings. The molecule has 0 saturated carbocycles. The molecule has 0 amide bonds. The number of nitrogen functional groups attached to an aromatic ring is 1. The predicted octanol–water partition coefficient (Wildman–Crippen LogP) is 3.57. The minimum Gasteiger partial charge on any atom is -0.423 e. The van der Waals surface area contributed by atoms with Gasteiger partial charge in [-0.3, -0.25) is 0 Å². The van der Waals surface area contributed by atoms with Crippen molar-refractivity contribution in [1.29, 1.82) is 0 Å². The first-order chi connectivity index (χ1) is 9.52. The Balaban J connectivity index is 2.01. The second-order valence-corrected chi connectivity index (χ2v) is 4.12.